The summed E-state index contributed by atoms with van der Waals surface area (Å²) in [6.45, 7) is 10.6. The van der Waals surface area contributed by atoms with Crippen molar-refractivity contribution in [2.45, 2.75) is 33.2 Å². The third-order valence-electron chi connectivity index (χ3n) is 3.54. The van der Waals surface area contributed by atoms with Gasteiger partial charge in [-0.25, -0.2) is 4.99 Å². The number of hydrogen-bond donors (Lipinski definition) is 2. The van der Waals surface area contributed by atoms with Gasteiger partial charge in [0.2, 0.25) is 0 Å². The lowest BCUT2D eigenvalue weighted by atomic mass is 10.1. The number of nitrogens with one attached hydrogen (secondary N) is 2. The fourth-order valence-electron chi connectivity index (χ4n) is 2.29. The van der Waals surface area contributed by atoms with E-state index < -0.39 is 0 Å². The Hall–Kier alpha value is -2.30. The molecule has 0 aliphatic rings. The SMILES string of the molecule is C=CCCCN(C)C(=NCc1cccc(C(=O)NCC)c1)NCC. The molecule has 1 aromatic rings. The van der Waals surface area contributed by atoms with E-state index in [1.54, 1.807) is 0 Å². The number of allylic oxidation sites excluding steroid dienone is 1. The largest absolute Gasteiger partial charge is 0.357 e. The van der Waals surface area contributed by atoms with Gasteiger partial charge in [0.25, 0.3) is 5.91 Å². The molecular weight excluding hydrogens is 300 g/mol. The molecule has 2 N–H and O–H groups in total. The lowest BCUT2D eigenvalue weighted by Crippen LogP contribution is -2.39. The van der Waals surface area contributed by atoms with Crippen molar-refractivity contribution in [3.8, 4) is 0 Å². The predicted molar refractivity (Wildman–Crippen MR) is 101 cm³/mol. The van der Waals surface area contributed by atoms with Crippen LogP contribution in [0.5, 0.6) is 0 Å². The van der Waals surface area contributed by atoms with Crippen LogP contribution in [0.4, 0.5) is 0 Å². The van der Waals surface area contributed by atoms with E-state index in [1.165, 1.54) is 0 Å². The van der Waals surface area contributed by atoms with Crippen LogP contribution in [0.2, 0.25) is 0 Å². The average molecular weight is 330 g/mol. The quantitative estimate of drug-likeness (QED) is 0.317. The standard InChI is InChI=1S/C19H30N4O/c1-5-8-9-13-23(4)19(21-7-3)22-15-16-11-10-12-17(14-16)18(24)20-6-2/h5,10-12,14H,1,6-9,13,15H2,2-4H3,(H,20,24)(H,21,22). The van der Waals surface area contributed by atoms with Crippen molar-refractivity contribution in [1.29, 1.82) is 0 Å². The van der Waals surface area contributed by atoms with E-state index in [4.69, 9.17) is 0 Å². The minimum atomic E-state index is -0.0446. The zero-order chi connectivity index (χ0) is 17.8. The summed E-state index contributed by atoms with van der Waals surface area (Å²) in [5.41, 5.74) is 1.70. The predicted octanol–water partition coefficient (Wildman–Crippen LogP) is 2.80. The Kier molecular flexibility index (Phi) is 9.27. The number of guanidine groups is 1. The molecule has 0 aromatic heterocycles. The number of amides is 1. The second-order valence-corrected chi connectivity index (χ2v) is 5.58. The van der Waals surface area contributed by atoms with E-state index in [1.807, 2.05) is 44.3 Å². The Morgan fingerprint density at radius 1 is 1.29 bits per heavy atom. The van der Waals surface area contributed by atoms with Gasteiger partial charge >= 0.3 is 0 Å². The van der Waals surface area contributed by atoms with Gasteiger partial charge in [0.05, 0.1) is 6.54 Å². The normalized spacial score (nSPS) is 11.0. The van der Waals surface area contributed by atoms with Gasteiger partial charge in [0.15, 0.2) is 5.96 Å². The molecule has 0 radical (unpaired) electrons. The van der Waals surface area contributed by atoms with Crippen LogP contribution in [-0.4, -0.2) is 43.4 Å². The van der Waals surface area contributed by atoms with E-state index in [2.05, 4.69) is 34.0 Å². The summed E-state index contributed by atoms with van der Waals surface area (Å²) in [6, 6.07) is 7.62. The average Bonchev–Trinajstić information content (AvgIpc) is 2.59. The molecule has 0 fully saturated rings. The summed E-state index contributed by atoms with van der Waals surface area (Å²) in [5, 5.41) is 6.13. The number of hydrogen-bond acceptors (Lipinski definition) is 2. The first-order valence-corrected chi connectivity index (χ1v) is 8.59. The highest BCUT2D eigenvalue weighted by molar-refractivity contribution is 5.94. The molecule has 0 bridgehead atoms. The molecule has 0 atom stereocenters. The van der Waals surface area contributed by atoms with Gasteiger partial charge in [-0.3, -0.25) is 4.79 Å². The second-order valence-electron chi connectivity index (χ2n) is 5.58. The van der Waals surface area contributed by atoms with Gasteiger partial charge in [0.1, 0.15) is 0 Å². The maximum atomic E-state index is 11.9. The number of rotatable bonds is 9. The highest BCUT2D eigenvalue weighted by atomic mass is 16.1. The number of benzene rings is 1. The summed E-state index contributed by atoms with van der Waals surface area (Å²) in [4.78, 5) is 18.7. The smallest absolute Gasteiger partial charge is 0.251 e. The molecule has 1 amide bonds. The first kappa shape index (κ1) is 19.7. The van der Waals surface area contributed by atoms with E-state index in [-0.39, 0.29) is 5.91 Å². The summed E-state index contributed by atoms with van der Waals surface area (Å²) < 4.78 is 0. The highest BCUT2D eigenvalue weighted by Crippen LogP contribution is 2.07. The van der Waals surface area contributed by atoms with Crippen molar-refractivity contribution >= 4 is 11.9 Å². The van der Waals surface area contributed by atoms with Crippen molar-refractivity contribution in [1.82, 2.24) is 15.5 Å². The van der Waals surface area contributed by atoms with E-state index >= 15 is 0 Å². The van der Waals surface area contributed by atoms with Gasteiger partial charge in [0, 0.05) is 32.2 Å². The van der Waals surface area contributed by atoms with E-state index in [9.17, 15) is 4.79 Å². The Morgan fingerprint density at radius 2 is 2.04 bits per heavy atom. The van der Waals surface area contributed by atoms with Crippen molar-refractivity contribution in [2.24, 2.45) is 4.99 Å². The first-order chi connectivity index (χ1) is 11.6. The second kappa shape index (κ2) is 11.3. The van der Waals surface area contributed by atoms with Crippen molar-refractivity contribution < 1.29 is 4.79 Å². The third-order valence-corrected chi connectivity index (χ3v) is 3.54. The molecule has 5 heteroatoms. The molecule has 0 spiro atoms. The molecule has 0 aliphatic carbocycles. The topological polar surface area (TPSA) is 56.7 Å². The molecule has 5 nitrogen and oxygen atoms in total. The molecular formula is C19H30N4O. The molecule has 24 heavy (non-hydrogen) atoms. The van der Waals surface area contributed by atoms with E-state index in [0.29, 0.717) is 18.7 Å². The Balaban J connectivity index is 2.76. The summed E-state index contributed by atoms with van der Waals surface area (Å²) in [7, 11) is 2.04. The summed E-state index contributed by atoms with van der Waals surface area (Å²) in [5.74, 6) is 0.835. The molecule has 1 aromatic carbocycles. The monoisotopic (exact) mass is 330 g/mol. The lowest BCUT2D eigenvalue weighted by Gasteiger charge is -2.21. The van der Waals surface area contributed by atoms with Crippen LogP contribution < -0.4 is 10.6 Å². The van der Waals surface area contributed by atoms with Crippen molar-refractivity contribution in [2.75, 3.05) is 26.7 Å². The molecule has 0 heterocycles. The fourth-order valence-corrected chi connectivity index (χ4v) is 2.29. The highest BCUT2D eigenvalue weighted by Gasteiger charge is 2.07. The molecule has 0 aliphatic heterocycles. The van der Waals surface area contributed by atoms with Crippen LogP contribution in [0.15, 0.2) is 41.9 Å². The Bertz CT molecular complexity index is 554. The lowest BCUT2D eigenvalue weighted by molar-refractivity contribution is 0.0955. The number of carbonyl (C=O) groups is 1. The zero-order valence-corrected chi connectivity index (χ0v) is 15.1. The Morgan fingerprint density at radius 3 is 2.71 bits per heavy atom. The van der Waals surface area contributed by atoms with Crippen molar-refractivity contribution in [3.05, 3.63) is 48.0 Å². The van der Waals surface area contributed by atoms with Crippen LogP contribution in [0, 0.1) is 0 Å². The summed E-state index contributed by atoms with van der Waals surface area (Å²) in [6.07, 6.45) is 3.99. The zero-order valence-electron chi connectivity index (χ0n) is 15.1. The molecule has 0 saturated carbocycles. The molecule has 0 saturated heterocycles. The van der Waals surface area contributed by atoms with Crippen molar-refractivity contribution in [3.63, 3.8) is 0 Å². The number of aliphatic imine (C=N–C) groups is 1. The van der Waals surface area contributed by atoms with Gasteiger partial charge in [-0.05, 0) is 44.4 Å². The van der Waals surface area contributed by atoms with Crippen LogP contribution in [0.1, 0.15) is 42.6 Å². The van der Waals surface area contributed by atoms with Gasteiger partial charge in [-0.15, -0.1) is 6.58 Å². The minimum Gasteiger partial charge on any atom is -0.357 e. The minimum absolute atomic E-state index is 0.0446. The third kappa shape index (κ3) is 6.86. The van der Waals surface area contributed by atoms with Gasteiger partial charge in [-0.1, -0.05) is 18.2 Å². The van der Waals surface area contributed by atoms with Crippen LogP contribution in [0.25, 0.3) is 0 Å². The molecule has 0 unspecified atom stereocenters. The number of carbonyl (C=O) groups excluding carboxylic acids is 1. The maximum Gasteiger partial charge on any atom is 0.251 e. The van der Waals surface area contributed by atoms with E-state index in [0.717, 1.165) is 37.5 Å². The van der Waals surface area contributed by atoms with Gasteiger partial charge in [-0.2, -0.15) is 0 Å². The van der Waals surface area contributed by atoms with Gasteiger partial charge < -0.3 is 15.5 Å². The molecule has 132 valence electrons. The maximum absolute atomic E-state index is 11.9. The summed E-state index contributed by atoms with van der Waals surface area (Å²) >= 11 is 0. The van der Waals surface area contributed by atoms with Crippen LogP contribution >= 0.6 is 0 Å². The first-order valence-electron chi connectivity index (χ1n) is 8.59. The fraction of sp³-hybridized carbons (Fsp3) is 0.474. The van der Waals surface area contributed by atoms with Crippen LogP contribution in [0.3, 0.4) is 0 Å². The number of unbranched alkanes of at least 4 members (excludes halogenated alkanes) is 1. The Labute approximate surface area is 145 Å². The molecule has 1 rings (SSSR count). The number of nitrogens with zero attached hydrogens (tertiary/aromatic N) is 2. The van der Waals surface area contributed by atoms with Crippen LogP contribution in [-0.2, 0) is 6.54 Å².